The third-order valence-corrected chi connectivity index (χ3v) is 4.40. The van der Waals surface area contributed by atoms with Gasteiger partial charge in [-0.1, -0.05) is 54.1 Å². The fourth-order valence-corrected chi connectivity index (χ4v) is 2.99. The summed E-state index contributed by atoms with van der Waals surface area (Å²) in [4.78, 5) is 12.0. The SMILES string of the molecule is CCOc1cc(/C=N\NC(=O)Cc2ccccc2)ccc1OCc1cccc(Cl)c1. The first kappa shape index (κ1) is 21.4. The quantitative estimate of drug-likeness (QED) is 0.389. The minimum atomic E-state index is -0.177. The molecule has 30 heavy (non-hydrogen) atoms. The van der Waals surface area contributed by atoms with E-state index < -0.39 is 0 Å². The van der Waals surface area contributed by atoms with Crippen molar-refractivity contribution in [2.75, 3.05) is 6.61 Å². The molecule has 3 aromatic rings. The number of benzene rings is 3. The van der Waals surface area contributed by atoms with Crippen LogP contribution in [0.1, 0.15) is 23.6 Å². The van der Waals surface area contributed by atoms with E-state index >= 15 is 0 Å². The van der Waals surface area contributed by atoms with E-state index in [0.29, 0.717) is 29.7 Å². The second-order valence-corrected chi connectivity index (χ2v) is 6.95. The van der Waals surface area contributed by atoms with E-state index in [1.165, 1.54) is 0 Å². The van der Waals surface area contributed by atoms with Crippen LogP contribution in [0.2, 0.25) is 5.02 Å². The molecule has 0 saturated heterocycles. The summed E-state index contributed by atoms with van der Waals surface area (Å²) < 4.78 is 11.6. The fourth-order valence-electron chi connectivity index (χ4n) is 2.78. The normalized spacial score (nSPS) is 10.7. The highest BCUT2D eigenvalue weighted by atomic mass is 35.5. The largest absolute Gasteiger partial charge is 0.490 e. The van der Waals surface area contributed by atoms with Gasteiger partial charge < -0.3 is 9.47 Å². The molecule has 3 rings (SSSR count). The van der Waals surface area contributed by atoms with Gasteiger partial charge in [0.05, 0.1) is 19.2 Å². The monoisotopic (exact) mass is 422 g/mol. The summed E-state index contributed by atoms with van der Waals surface area (Å²) in [5.74, 6) is 1.06. The molecule has 0 radical (unpaired) electrons. The van der Waals surface area contributed by atoms with E-state index in [0.717, 1.165) is 16.7 Å². The first-order valence-corrected chi connectivity index (χ1v) is 10.0. The van der Waals surface area contributed by atoms with Crippen LogP contribution in [0, 0.1) is 0 Å². The molecule has 1 amide bonds. The second kappa shape index (κ2) is 11.0. The van der Waals surface area contributed by atoms with Crippen molar-refractivity contribution in [3.63, 3.8) is 0 Å². The highest BCUT2D eigenvalue weighted by molar-refractivity contribution is 6.30. The van der Waals surface area contributed by atoms with Crippen LogP contribution in [0.15, 0.2) is 77.9 Å². The zero-order valence-electron chi connectivity index (χ0n) is 16.7. The van der Waals surface area contributed by atoms with Crippen molar-refractivity contribution >= 4 is 23.7 Å². The molecule has 0 atom stereocenters. The number of nitrogens with zero attached hydrogens (tertiary/aromatic N) is 1. The first-order valence-electron chi connectivity index (χ1n) is 9.64. The Morgan fingerprint density at radius 1 is 0.967 bits per heavy atom. The molecule has 0 aliphatic carbocycles. The molecular weight excluding hydrogens is 400 g/mol. The molecule has 154 valence electrons. The van der Waals surface area contributed by atoms with Crippen molar-refractivity contribution in [2.45, 2.75) is 20.0 Å². The highest BCUT2D eigenvalue weighted by Crippen LogP contribution is 2.29. The molecule has 0 aliphatic rings. The van der Waals surface area contributed by atoms with Crippen molar-refractivity contribution in [2.24, 2.45) is 5.10 Å². The van der Waals surface area contributed by atoms with E-state index in [1.54, 1.807) is 6.21 Å². The lowest BCUT2D eigenvalue weighted by molar-refractivity contribution is -0.120. The van der Waals surface area contributed by atoms with Crippen LogP contribution in [0.25, 0.3) is 0 Å². The summed E-state index contributed by atoms with van der Waals surface area (Å²) in [6.07, 6.45) is 1.85. The molecule has 5 nitrogen and oxygen atoms in total. The number of rotatable bonds is 9. The van der Waals surface area contributed by atoms with Gasteiger partial charge >= 0.3 is 0 Å². The standard InChI is InChI=1S/C24H23ClN2O3/c1-2-29-23-14-19(16-26-27-24(28)15-18-7-4-3-5-8-18)11-12-22(23)30-17-20-9-6-10-21(25)13-20/h3-14,16H,2,15,17H2,1H3,(H,27,28)/b26-16-. The Hall–Kier alpha value is -3.31. The van der Waals surface area contributed by atoms with Gasteiger partial charge in [0.15, 0.2) is 11.5 Å². The average Bonchev–Trinajstić information content (AvgIpc) is 2.74. The van der Waals surface area contributed by atoms with Gasteiger partial charge in [0.25, 0.3) is 0 Å². The summed E-state index contributed by atoms with van der Waals surface area (Å²) in [6.45, 7) is 2.79. The Morgan fingerprint density at radius 2 is 1.77 bits per heavy atom. The predicted octanol–water partition coefficient (Wildman–Crippen LogP) is 5.01. The molecule has 0 unspecified atom stereocenters. The number of carbonyl (C=O) groups excluding carboxylic acids is 1. The molecule has 0 aromatic heterocycles. The molecule has 0 aliphatic heterocycles. The summed E-state index contributed by atoms with van der Waals surface area (Å²) >= 11 is 6.02. The minimum Gasteiger partial charge on any atom is -0.490 e. The van der Waals surface area contributed by atoms with Gasteiger partial charge in [0, 0.05) is 5.02 Å². The molecule has 0 saturated carbocycles. The second-order valence-electron chi connectivity index (χ2n) is 6.51. The average molecular weight is 423 g/mol. The molecule has 0 bridgehead atoms. The van der Waals surface area contributed by atoms with E-state index in [4.69, 9.17) is 21.1 Å². The van der Waals surface area contributed by atoms with Gasteiger partial charge in [-0.15, -0.1) is 0 Å². The van der Waals surface area contributed by atoms with Gasteiger partial charge in [-0.2, -0.15) is 5.10 Å². The van der Waals surface area contributed by atoms with Crippen LogP contribution in [0.5, 0.6) is 11.5 Å². The number of halogens is 1. The highest BCUT2D eigenvalue weighted by Gasteiger charge is 2.07. The van der Waals surface area contributed by atoms with Crippen molar-refractivity contribution < 1.29 is 14.3 Å². The topological polar surface area (TPSA) is 59.9 Å². The van der Waals surface area contributed by atoms with Gasteiger partial charge in [0.1, 0.15) is 6.61 Å². The van der Waals surface area contributed by atoms with Crippen LogP contribution in [0.3, 0.4) is 0 Å². The third kappa shape index (κ3) is 6.64. The van der Waals surface area contributed by atoms with Crippen molar-refractivity contribution in [1.82, 2.24) is 5.43 Å². The maximum Gasteiger partial charge on any atom is 0.244 e. The lowest BCUT2D eigenvalue weighted by atomic mass is 10.1. The number of carbonyl (C=O) groups is 1. The lowest BCUT2D eigenvalue weighted by Crippen LogP contribution is -2.19. The summed E-state index contributed by atoms with van der Waals surface area (Å²) in [6, 6.07) is 22.5. The molecule has 6 heteroatoms. The summed E-state index contributed by atoms with van der Waals surface area (Å²) in [7, 11) is 0. The lowest BCUT2D eigenvalue weighted by Gasteiger charge is -2.12. The minimum absolute atomic E-state index is 0.177. The smallest absolute Gasteiger partial charge is 0.244 e. The van der Waals surface area contributed by atoms with E-state index in [1.807, 2.05) is 79.7 Å². The number of amides is 1. The van der Waals surface area contributed by atoms with E-state index in [9.17, 15) is 4.79 Å². The van der Waals surface area contributed by atoms with Crippen LogP contribution in [0.4, 0.5) is 0 Å². The van der Waals surface area contributed by atoms with Crippen LogP contribution >= 0.6 is 11.6 Å². The first-order chi connectivity index (χ1) is 14.6. The number of hydrazone groups is 1. The maximum absolute atomic E-state index is 12.0. The van der Waals surface area contributed by atoms with Gasteiger partial charge in [-0.05, 0) is 53.9 Å². The Balaban J connectivity index is 1.60. The zero-order valence-corrected chi connectivity index (χ0v) is 17.4. The Kier molecular flexibility index (Phi) is 7.86. The Morgan fingerprint density at radius 3 is 2.53 bits per heavy atom. The van der Waals surface area contributed by atoms with Gasteiger partial charge in [-0.25, -0.2) is 5.43 Å². The zero-order chi connectivity index (χ0) is 21.2. The number of hydrogen-bond acceptors (Lipinski definition) is 4. The molecule has 0 spiro atoms. The number of hydrogen-bond donors (Lipinski definition) is 1. The summed E-state index contributed by atoms with van der Waals surface area (Å²) in [5, 5.41) is 4.70. The molecule has 0 heterocycles. The van der Waals surface area contributed by atoms with Gasteiger partial charge in [-0.3, -0.25) is 4.79 Å². The van der Waals surface area contributed by atoms with Crippen molar-refractivity contribution in [3.05, 3.63) is 94.5 Å². The van der Waals surface area contributed by atoms with Crippen molar-refractivity contribution in [1.29, 1.82) is 0 Å². The van der Waals surface area contributed by atoms with Crippen LogP contribution in [-0.4, -0.2) is 18.7 Å². The molecular formula is C24H23ClN2O3. The Bertz CT molecular complexity index is 1010. The summed E-state index contributed by atoms with van der Waals surface area (Å²) in [5.41, 5.74) is 5.23. The van der Waals surface area contributed by atoms with Crippen LogP contribution in [-0.2, 0) is 17.8 Å². The molecule has 3 aromatic carbocycles. The van der Waals surface area contributed by atoms with Crippen molar-refractivity contribution in [3.8, 4) is 11.5 Å². The van der Waals surface area contributed by atoms with Gasteiger partial charge in [0.2, 0.25) is 5.91 Å². The van der Waals surface area contributed by atoms with E-state index in [2.05, 4.69) is 10.5 Å². The third-order valence-electron chi connectivity index (χ3n) is 4.16. The molecule has 1 N–H and O–H groups in total. The Labute approximate surface area is 181 Å². The number of nitrogens with one attached hydrogen (secondary N) is 1. The molecule has 0 fully saturated rings. The maximum atomic E-state index is 12.0. The number of ether oxygens (including phenoxy) is 2. The van der Waals surface area contributed by atoms with E-state index in [-0.39, 0.29) is 12.3 Å². The van der Waals surface area contributed by atoms with Crippen LogP contribution < -0.4 is 14.9 Å². The fraction of sp³-hybridized carbons (Fsp3) is 0.167. The predicted molar refractivity (Wildman–Crippen MR) is 119 cm³/mol.